The summed E-state index contributed by atoms with van der Waals surface area (Å²) in [4.78, 5) is 18.3. The van der Waals surface area contributed by atoms with Crippen LogP contribution in [0.15, 0.2) is 46.6 Å². The Morgan fingerprint density at radius 2 is 1.16 bits per heavy atom. The SMILES string of the molecule is CCOP(=O)(CC/C=C(\C)CC/C=C(\C)CC/C=C(\C)CCC=C(C)C)CP(=O)(O)O. The Morgan fingerprint density at radius 1 is 0.742 bits per heavy atom. The van der Waals surface area contributed by atoms with Crippen LogP contribution in [0, 0.1) is 0 Å². The number of rotatable bonds is 16. The molecule has 180 valence electrons. The summed E-state index contributed by atoms with van der Waals surface area (Å²) in [5, 5.41) is 0. The van der Waals surface area contributed by atoms with Crippen molar-refractivity contribution in [3.63, 3.8) is 0 Å². The second-order valence-electron chi connectivity index (χ2n) is 8.60. The topological polar surface area (TPSA) is 83.8 Å². The van der Waals surface area contributed by atoms with Crippen LogP contribution in [0.4, 0.5) is 0 Å². The summed E-state index contributed by atoms with van der Waals surface area (Å²) in [6, 6.07) is 0. The molecule has 1 atom stereocenters. The molecule has 0 bridgehead atoms. The third kappa shape index (κ3) is 18.6. The van der Waals surface area contributed by atoms with E-state index >= 15 is 0 Å². The fourth-order valence-corrected chi connectivity index (χ4v) is 7.45. The van der Waals surface area contributed by atoms with Crippen LogP contribution in [0.1, 0.15) is 86.5 Å². The van der Waals surface area contributed by atoms with Gasteiger partial charge in [-0.1, -0.05) is 46.6 Å². The van der Waals surface area contributed by atoms with Crippen molar-refractivity contribution in [2.45, 2.75) is 86.5 Å². The van der Waals surface area contributed by atoms with E-state index in [1.54, 1.807) is 6.92 Å². The summed E-state index contributed by atoms with van der Waals surface area (Å²) >= 11 is 0. The zero-order valence-electron chi connectivity index (χ0n) is 20.4. The highest BCUT2D eigenvalue weighted by Crippen LogP contribution is 2.58. The molecule has 0 heterocycles. The maximum Gasteiger partial charge on any atom is 0.335 e. The third-order valence-electron chi connectivity index (χ3n) is 4.88. The van der Waals surface area contributed by atoms with E-state index in [0.717, 1.165) is 38.5 Å². The lowest BCUT2D eigenvalue weighted by Crippen LogP contribution is -2.01. The van der Waals surface area contributed by atoms with Gasteiger partial charge in [-0.05, 0) is 86.5 Å². The van der Waals surface area contributed by atoms with Crippen LogP contribution in [0.5, 0.6) is 0 Å². The van der Waals surface area contributed by atoms with Gasteiger partial charge in [0.2, 0.25) is 7.37 Å². The number of hydrogen-bond donors (Lipinski definition) is 2. The molecule has 2 N–H and O–H groups in total. The van der Waals surface area contributed by atoms with Crippen LogP contribution in [0.2, 0.25) is 0 Å². The van der Waals surface area contributed by atoms with Gasteiger partial charge < -0.3 is 14.3 Å². The summed E-state index contributed by atoms with van der Waals surface area (Å²) in [6.07, 6.45) is 15.9. The molecule has 0 fully saturated rings. The van der Waals surface area contributed by atoms with E-state index in [9.17, 15) is 9.13 Å². The van der Waals surface area contributed by atoms with E-state index in [1.165, 1.54) is 22.3 Å². The molecule has 0 aromatic heterocycles. The van der Waals surface area contributed by atoms with Gasteiger partial charge in [0.05, 0.1) is 6.61 Å². The van der Waals surface area contributed by atoms with Crippen molar-refractivity contribution in [1.29, 1.82) is 0 Å². The first-order chi connectivity index (χ1) is 14.4. The van der Waals surface area contributed by atoms with Crippen molar-refractivity contribution in [3.05, 3.63) is 46.6 Å². The standard InChI is InChI=1S/C24H44O5P2/c1-7-29-30(25,20-31(26,27)28)19-11-18-24(6)17-10-16-23(5)15-9-14-22(4)13-8-12-21(2)3/h12,14,16,18H,7-11,13,15,17,19-20H2,1-6H3,(H2,26,27,28)/b22-14+,23-16+,24-18+. The van der Waals surface area contributed by atoms with Gasteiger partial charge in [0.1, 0.15) is 5.90 Å². The lowest BCUT2D eigenvalue weighted by Gasteiger charge is -2.17. The highest BCUT2D eigenvalue weighted by molar-refractivity contribution is 7.73. The Kier molecular flexibility index (Phi) is 15.6. The fourth-order valence-electron chi connectivity index (χ4n) is 3.19. The van der Waals surface area contributed by atoms with Gasteiger partial charge in [0.15, 0.2) is 0 Å². The zero-order chi connectivity index (χ0) is 23.9. The molecule has 31 heavy (non-hydrogen) atoms. The molecule has 1 unspecified atom stereocenters. The minimum Gasteiger partial charge on any atom is -0.328 e. The minimum atomic E-state index is -4.36. The van der Waals surface area contributed by atoms with Crippen molar-refractivity contribution >= 4 is 15.0 Å². The van der Waals surface area contributed by atoms with Crippen LogP contribution >= 0.6 is 15.0 Å². The average Bonchev–Trinajstić information content (AvgIpc) is 2.59. The molecular weight excluding hydrogens is 430 g/mol. The maximum absolute atomic E-state index is 12.6. The van der Waals surface area contributed by atoms with Crippen LogP contribution in [0.25, 0.3) is 0 Å². The molecule has 0 radical (unpaired) electrons. The number of hydrogen-bond acceptors (Lipinski definition) is 3. The van der Waals surface area contributed by atoms with Crippen LogP contribution in [-0.2, 0) is 13.7 Å². The quantitative estimate of drug-likeness (QED) is 0.175. The summed E-state index contributed by atoms with van der Waals surface area (Å²) in [5.74, 6) is -0.675. The fraction of sp³-hybridized carbons (Fsp3) is 0.667. The molecule has 0 saturated carbocycles. The van der Waals surface area contributed by atoms with Gasteiger partial charge in [0, 0.05) is 6.16 Å². The molecule has 0 rings (SSSR count). The van der Waals surface area contributed by atoms with Crippen LogP contribution in [0.3, 0.4) is 0 Å². The van der Waals surface area contributed by atoms with Gasteiger partial charge in [-0.3, -0.25) is 9.13 Å². The van der Waals surface area contributed by atoms with Crippen LogP contribution in [-0.4, -0.2) is 28.5 Å². The number of allylic oxidation sites excluding steroid dienone is 8. The minimum absolute atomic E-state index is 0.164. The van der Waals surface area contributed by atoms with E-state index < -0.39 is 20.9 Å². The molecule has 7 heteroatoms. The Bertz CT molecular complexity index is 737. The van der Waals surface area contributed by atoms with Gasteiger partial charge >= 0.3 is 7.60 Å². The van der Waals surface area contributed by atoms with Crippen molar-refractivity contribution in [2.75, 3.05) is 18.7 Å². The highest BCUT2D eigenvalue weighted by Gasteiger charge is 2.31. The molecule has 0 aliphatic carbocycles. The zero-order valence-corrected chi connectivity index (χ0v) is 22.2. The van der Waals surface area contributed by atoms with Gasteiger partial charge in [-0.25, -0.2) is 0 Å². The highest BCUT2D eigenvalue weighted by atomic mass is 31.2. The Labute approximate surface area is 190 Å². The predicted molar refractivity (Wildman–Crippen MR) is 134 cm³/mol. The predicted octanol–water partition coefficient (Wildman–Crippen LogP) is 7.97. The second-order valence-corrected chi connectivity index (χ2v) is 13.4. The molecule has 0 amide bonds. The molecule has 0 aromatic carbocycles. The molecule has 0 aliphatic heterocycles. The van der Waals surface area contributed by atoms with Crippen LogP contribution < -0.4 is 0 Å². The Balaban J connectivity index is 4.37. The lowest BCUT2D eigenvalue weighted by molar-refractivity contribution is 0.330. The Morgan fingerprint density at radius 3 is 1.55 bits per heavy atom. The van der Waals surface area contributed by atoms with E-state index in [-0.39, 0.29) is 12.8 Å². The van der Waals surface area contributed by atoms with E-state index in [1.807, 2.05) is 13.0 Å². The molecular formula is C24H44O5P2. The van der Waals surface area contributed by atoms with Crippen molar-refractivity contribution < 1.29 is 23.4 Å². The van der Waals surface area contributed by atoms with Crippen molar-refractivity contribution in [1.82, 2.24) is 0 Å². The monoisotopic (exact) mass is 474 g/mol. The first-order valence-electron chi connectivity index (χ1n) is 11.2. The van der Waals surface area contributed by atoms with E-state index in [2.05, 4.69) is 45.9 Å². The first kappa shape index (κ1) is 30.3. The molecule has 0 aromatic rings. The van der Waals surface area contributed by atoms with E-state index in [4.69, 9.17) is 14.3 Å². The van der Waals surface area contributed by atoms with Gasteiger partial charge in [-0.2, -0.15) is 0 Å². The Hall–Kier alpha value is -0.700. The van der Waals surface area contributed by atoms with E-state index in [0.29, 0.717) is 6.42 Å². The summed E-state index contributed by atoms with van der Waals surface area (Å²) in [5.41, 5.74) is 5.41. The normalized spacial score (nSPS) is 15.7. The molecule has 0 saturated heterocycles. The average molecular weight is 475 g/mol. The third-order valence-corrected chi connectivity index (χ3v) is 9.75. The van der Waals surface area contributed by atoms with Gasteiger partial charge in [-0.15, -0.1) is 0 Å². The maximum atomic E-state index is 12.6. The van der Waals surface area contributed by atoms with Crippen molar-refractivity contribution in [3.8, 4) is 0 Å². The summed E-state index contributed by atoms with van der Waals surface area (Å²) < 4.78 is 29.0. The largest absolute Gasteiger partial charge is 0.335 e. The van der Waals surface area contributed by atoms with Crippen molar-refractivity contribution in [2.24, 2.45) is 0 Å². The summed E-state index contributed by atoms with van der Waals surface area (Å²) in [7, 11) is -7.66. The molecule has 5 nitrogen and oxygen atoms in total. The summed E-state index contributed by atoms with van der Waals surface area (Å²) in [6.45, 7) is 12.6. The van der Waals surface area contributed by atoms with Gasteiger partial charge in [0.25, 0.3) is 0 Å². The second kappa shape index (κ2) is 16.0. The molecule has 0 spiro atoms. The molecule has 0 aliphatic rings. The smallest absolute Gasteiger partial charge is 0.328 e. The lowest BCUT2D eigenvalue weighted by atomic mass is 10.0. The first-order valence-corrected chi connectivity index (χ1v) is 15.0.